The Morgan fingerprint density at radius 3 is 0.911 bits per heavy atom. The van der Waals surface area contributed by atoms with Crippen LogP contribution in [0.4, 0.5) is 0 Å². The highest BCUT2D eigenvalue weighted by Gasteiger charge is 2.12. The van der Waals surface area contributed by atoms with Gasteiger partial charge >= 0.3 is 11.9 Å². The third-order valence-electron chi connectivity index (χ3n) is 9.28. The molecule has 4 nitrogen and oxygen atoms in total. The van der Waals surface area contributed by atoms with Gasteiger partial charge in [0.15, 0.2) is 0 Å². The van der Waals surface area contributed by atoms with Crippen molar-refractivity contribution in [2.45, 2.75) is 245 Å². The van der Waals surface area contributed by atoms with Crippen molar-refractivity contribution >= 4 is 11.9 Å². The lowest BCUT2D eigenvalue weighted by molar-refractivity contribution is -0.158. The van der Waals surface area contributed by atoms with Gasteiger partial charge in [0.25, 0.3) is 0 Å². The fourth-order valence-electron chi connectivity index (χ4n) is 6.23. The number of ether oxygens (including phenoxy) is 2. The van der Waals surface area contributed by atoms with E-state index in [0.717, 1.165) is 25.7 Å². The van der Waals surface area contributed by atoms with Crippen LogP contribution in [0.2, 0.25) is 0 Å². The molecule has 45 heavy (non-hydrogen) atoms. The molecule has 0 N–H and O–H groups in total. The molecule has 0 bridgehead atoms. The summed E-state index contributed by atoms with van der Waals surface area (Å²) in [5.41, 5.74) is 0. The molecule has 0 aliphatic carbocycles. The number of carbonyl (C=O) groups is 2. The van der Waals surface area contributed by atoms with Crippen LogP contribution < -0.4 is 0 Å². The molecule has 268 valence electrons. The van der Waals surface area contributed by atoms with E-state index in [1.807, 2.05) is 6.92 Å². The van der Waals surface area contributed by atoms with E-state index in [0.29, 0.717) is 12.8 Å². The van der Waals surface area contributed by atoms with E-state index >= 15 is 0 Å². The lowest BCUT2D eigenvalue weighted by atomic mass is 10.0. The van der Waals surface area contributed by atoms with Gasteiger partial charge in [-0.3, -0.25) is 9.59 Å². The molecule has 0 saturated heterocycles. The van der Waals surface area contributed by atoms with Crippen LogP contribution in [0, 0.1) is 0 Å². The first-order chi connectivity index (χ1) is 22.1. The molecule has 1 unspecified atom stereocenters. The van der Waals surface area contributed by atoms with Crippen molar-refractivity contribution in [3.05, 3.63) is 0 Å². The average Bonchev–Trinajstić information content (AvgIpc) is 3.03. The quantitative estimate of drug-likeness (QED) is 0.0503. The van der Waals surface area contributed by atoms with Gasteiger partial charge < -0.3 is 9.47 Å². The van der Waals surface area contributed by atoms with Crippen LogP contribution in [0.15, 0.2) is 0 Å². The first-order valence-corrected chi connectivity index (χ1v) is 20.4. The summed E-state index contributed by atoms with van der Waals surface area (Å²) in [6.07, 6.45) is 43.0. The third-order valence-corrected chi connectivity index (χ3v) is 9.28. The fourth-order valence-corrected chi connectivity index (χ4v) is 6.23. The van der Waals surface area contributed by atoms with Crippen molar-refractivity contribution < 1.29 is 19.1 Å². The first kappa shape index (κ1) is 43.9. The van der Waals surface area contributed by atoms with Crippen LogP contribution in [-0.4, -0.2) is 24.6 Å². The Morgan fingerprint density at radius 2 is 0.622 bits per heavy atom. The first-order valence-electron chi connectivity index (χ1n) is 20.4. The van der Waals surface area contributed by atoms with E-state index in [-0.39, 0.29) is 24.6 Å². The molecule has 0 rings (SSSR count). The van der Waals surface area contributed by atoms with Crippen molar-refractivity contribution in [3.63, 3.8) is 0 Å². The molecule has 0 aromatic carbocycles. The SMILES string of the molecule is CCCCCCCCCCCCCCCCCCCC(=O)OC(C)COC(=O)CCCCCCCCCCCCCCCCC. The van der Waals surface area contributed by atoms with E-state index in [9.17, 15) is 9.59 Å². The highest BCUT2D eigenvalue weighted by atomic mass is 16.6. The van der Waals surface area contributed by atoms with Gasteiger partial charge in [-0.25, -0.2) is 0 Å². The predicted octanol–water partition coefficient (Wildman–Crippen LogP) is 13.8. The maximum Gasteiger partial charge on any atom is 0.306 e. The Hall–Kier alpha value is -1.06. The van der Waals surface area contributed by atoms with Crippen LogP contribution in [-0.2, 0) is 19.1 Å². The van der Waals surface area contributed by atoms with Gasteiger partial charge in [-0.2, -0.15) is 0 Å². The lowest BCUT2D eigenvalue weighted by Crippen LogP contribution is -2.22. The Kier molecular flexibility index (Phi) is 36.5. The van der Waals surface area contributed by atoms with Crippen molar-refractivity contribution in [1.82, 2.24) is 0 Å². The number of hydrogen-bond acceptors (Lipinski definition) is 4. The molecule has 0 aromatic heterocycles. The molecule has 4 heteroatoms. The summed E-state index contributed by atoms with van der Waals surface area (Å²) in [4.78, 5) is 24.2. The Balaban J connectivity index is 3.37. The molecule has 0 saturated carbocycles. The van der Waals surface area contributed by atoms with Crippen molar-refractivity contribution in [1.29, 1.82) is 0 Å². The van der Waals surface area contributed by atoms with Crippen LogP contribution in [0.3, 0.4) is 0 Å². The summed E-state index contributed by atoms with van der Waals surface area (Å²) in [6, 6.07) is 0. The summed E-state index contributed by atoms with van der Waals surface area (Å²) in [5, 5.41) is 0. The molecular weight excluding hydrogens is 556 g/mol. The second-order valence-corrected chi connectivity index (χ2v) is 14.1. The van der Waals surface area contributed by atoms with Gasteiger partial charge in [0.1, 0.15) is 12.7 Å². The molecule has 0 fully saturated rings. The lowest BCUT2D eigenvalue weighted by Gasteiger charge is -2.13. The molecule has 0 aliphatic rings. The van der Waals surface area contributed by atoms with Crippen LogP contribution in [0.5, 0.6) is 0 Å². The Morgan fingerprint density at radius 1 is 0.378 bits per heavy atom. The Labute approximate surface area is 282 Å². The highest BCUT2D eigenvalue weighted by Crippen LogP contribution is 2.16. The zero-order valence-electron chi connectivity index (χ0n) is 31.0. The summed E-state index contributed by atoms with van der Waals surface area (Å²) in [6.45, 7) is 6.54. The second kappa shape index (κ2) is 37.4. The van der Waals surface area contributed by atoms with Crippen LogP contribution >= 0.6 is 0 Å². The van der Waals surface area contributed by atoms with Crippen molar-refractivity contribution in [2.24, 2.45) is 0 Å². The molecule has 1 atom stereocenters. The molecule has 0 heterocycles. The largest absolute Gasteiger partial charge is 0.462 e. The van der Waals surface area contributed by atoms with Gasteiger partial charge in [0.2, 0.25) is 0 Å². The zero-order chi connectivity index (χ0) is 32.9. The van der Waals surface area contributed by atoms with E-state index < -0.39 is 0 Å². The molecule has 0 amide bonds. The molecule has 0 aromatic rings. The standard InChI is InChI=1S/C41H80O4/c1-4-6-8-10-12-14-16-18-20-21-23-25-27-29-31-33-35-37-41(43)45-39(3)38-44-40(42)36-34-32-30-28-26-24-22-19-17-15-13-11-9-7-5-2/h39H,4-38H2,1-3H3. The fraction of sp³-hybridized carbons (Fsp3) is 0.951. The molecule has 0 spiro atoms. The summed E-state index contributed by atoms with van der Waals surface area (Å²) < 4.78 is 10.8. The smallest absolute Gasteiger partial charge is 0.306 e. The third kappa shape index (κ3) is 37.3. The number of hydrogen-bond donors (Lipinski definition) is 0. The summed E-state index contributed by atoms with van der Waals surface area (Å²) >= 11 is 0. The Bertz CT molecular complexity index is 604. The minimum Gasteiger partial charge on any atom is -0.462 e. The van der Waals surface area contributed by atoms with Crippen LogP contribution in [0.25, 0.3) is 0 Å². The highest BCUT2D eigenvalue weighted by molar-refractivity contribution is 5.70. The van der Waals surface area contributed by atoms with E-state index in [1.54, 1.807) is 0 Å². The number of unbranched alkanes of at least 4 members (excludes halogenated alkanes) is 30. The maximum atomic E-state index is 12.1. The summed E-state index contributed by atoms with van der Waals surface area (Å²) in [5.74, 6) is -0.331. The second-order valence-electron chi connectivity index (χ2n) is 14.1. The minimum absolute atomic E-state index is 0.165. The topological polar surface area (TPSA) is 52.6 Å². The van der Waals surface area contributed by atoms with Gasteiger partial charge in [-0.15, -0.1) is 0 Å². The molecule has 0 aliphatic heterocycles. The predicted molar refractivity (Wildman–Crippen MR) is 195 cm³/mol. The van der Waals surface area contributed by atoms with Crippen molar-refractivity contribution in [3.8, 4) is 0 Å². The van der Waals surface area contributed by atoms with Gasteiger partial charge in [0.05, 0.1) is 0 Å². The summed E-state index contributed by atoms with van der Waals surface area (Å²) in [7, 11) is 0. The normalized spacial score (nSPS) is 12.0. The molecule has 0 radical (unpaired) electrons. The van der Waals surface area contributed by atoms with Gasteiger partial charge in [0, 0.05) is 12.8 Å². The molecular formula is C41H80O4. The van der Waals surface area contributed by atoms with E-state index in [2.05, 4.69) is 13.8 Å². The van der Waals surface area contributed by atoms with Crippen molar-refractivity contribution in [2.75, 3.05) is 6.61 Å². The number of esters is 2. The zero-order valence-corrected chi connectivity index (χ0v) is 31.0. The minimum atomic E-state index is -0.367. The maximum absolute atomic E-state index is 12.1. The van der Waals surface area contributed by atoms with Crippen LogP contribution in [0.1, 0.15) is 239 Å². The average molecular weight is 637 g/mol. The van der Waals surface area contributed by atoms with Gasteiger partial charge in [-0.05, 0) is 19.8 Å². The van der Waals surface area contributed by atoms with E-state index in [1.165, 1.54) is 180 Å². The van der Waals surface area contributed by atoms with Gasteiger partial charge in [-0.1, -0.05) is 206 Å². The number of rotatable bonds is 37. The number of carbonyl (C=O) groups excluding carboxylic acids is 2. The monoisotopic (exact) mass is 637 g/mol. The van der Waals surface area contributed by atoms with E-state index in [4.69, 9.17) is 9.47 Å².